The van der Waals surface area contributed by atoms with Crippen molar-refractivity contribution in [3.05, 3.63) is 81.2 Å². The van der Waals surface area contributed by atoms with Gasteiger partial charge in [0.05, 0.1) is 31.2 Å². The maximum Gasteiger partial charge on any atom is 0.338 e. The van der Waals surface area contributed by atoms with Gasteiger partial charge < -0.3 is 9.47 Å². The predicted molar refractivity (Wildman–Crippen MR) is 127 cm³/mol. The van der Waals surface area contributed by atoms with Crippen LogP contribution in [0.5, 0.6) is 5.75 Å². The molecule has 0 N–H and O–H groups in total. The Morgan fingerprint density at radius 1 is 1.16 bits per heavy atom. The number of esters is 1. The lowest BCUT2D eigenvalue weighted by atomic mass is 10.1. The molecule has 7 heteroatoms. The van der Waals surface area contributed by atoms with Crippen molar-refractivity contribution < 1.29 is 14.3 Å². The Bertz CT molecular complexity index is 1320. The first-order chi connectivity index (χ1) is 15.5. The topological polar surface area (TPSA) is 70.4 Å². The molecular formula is C25H24N2O4S. The SMILES string of the molecule is CCCOC(=O)c1cccc(Cn2c(C)nc3scc(-c4ccc(OC)cc4)c3c2=O)c1. The number of benzene rings is 2. The minimum Gasteiger partial charge on any atom is -0.497 e. The molecule has 32 heavy (non-hydrogen) atoms. The van der Waals surface area contributed by atoms with E-state index < -0.39 is 0 Å². The van der Waals surface area contributed by atoms with Gasteiger partial charge in [0.15, 0.2) is 0 Å². The van der Waals surface area contributed by atoms with Crippen molar-refractivity contribution in [2.75, 3.05) is 13.7 Å². The van der Waals surface area contributed by atoms with Crippen LogP contribution >= 0.6 is 11.3 Å². The van der Waals surface area contributed by atoms with E-state index in [2.05, 4.69) is 4.98 Å². The van der Waals surface area contributed by atoms with Crippen molar-refractivity contribution in [3.63, 3.8) is 0 Å². The molecule has 0 atom stereocenters. The summed E-state index contributed by atoms with van der Waals surface area (Å²) in [5.41, 5.74) is 3.01. The fraction of sp³-hybridized carbons (Fsp3) is 0.240. The zero-order chi connectivity index (χ0) is 22.7. The van der Waals surface area contributed by atoms with Gasteiger partial charge in [-0.25, -0.2) is 9.78 Å². The van der Waals surface area contributed by atoms with Gasteiger partial charge in [0, 0.05) is 10.9 Å². The monoisotopic (exact) mass is 448 g/mol. The van der Waals surface area contributed by atoms with Gasteiger partial charge in [-0.15, -0.1) is 11.3 Å². The average molecular weight is 449 g/mol. The number of aromatic nitrogens is 2. The van der Waals surface area contributed by atoms with Crippen LogP contribution in [0.3, 0.4) is 0 Å². The van der Waals surface area contributed by atoms with E-state index in [1.165, 1.54) is 11.3 Å². The van der Waals surface area contributed by atoms with Gasteiger partial charge in [-0.3, -0.25) is 9.36 Å². The number of nitrogens with zero attached hydrogens (tertiary/aromatic N) is 2. The summed E-state index contributed by atoms with van der Waals surface area (Å²) in [6.45, 7) is 4.48. The van der Waals surface area contributed by atoms with Crippen molar-refractivity contribution in [2.24, 2.45) is 0 Å². The number of hydrogen-bond acceptors (Lipinski definition) is 6. The van der Waals surface area contributed by atoms with Crippen molar-refractivity contribution in [1.82, 2.24) is 9.55 Å². The zero-order valence-electron chi connectivity index (χ0n) is 18.3. The Hall–Kier alpha value is -3.45. The van der Waals surface area contributed by atoms with Crippen molar-refractivity contribution in [2.45, 2.75) is 26.8 Å². The third-order valence-corrected chi connectivity index (χ3v) is 6.10. The molecule has 4 rings (SSSR count). The van der Waals surface area contributed by atoms with Crippen LogP contribution in [0.25, 0.3) is 21.3 Å². The maximum absolute atomic E-state index is 13.5. The Morgan fingerprint density at radius 3 is 2.66 bits per heavy atom. The van der Waals surface area contributed by atoms with Crippen LogP contribution in [-0.2, 0) is 11.3 Å². The van der Waals surface area contributed by atoms with Gasteiger partial charge in [0.1, 0.15) is 16.4 Å². The lowest BCUT2D eigenvalue weighted by Crippen LogP contribution is -2.24. The predicted octanol–water partition coefficient (Wildman–Crippen LogP) is 5.06. The number of hydrogen-bond donors (Lipinski definition) is 0. The van der Waals surface area contributed by atoms with Gasteiger partial charge >= 0.3 is 5.97 Å². The molecule has 0 radical (unpaired) electrons. The number of thiophene rings is 1. The summed E-state index contributed by atoms with van der Waals surface area (Å²) in [4.78, 5) is 31.1. The lowest BCUT2D eigenvalue weighted by molar-refractivity contribution is 0.0505. The van der Waals surface area contributed by atoms with Gasteiger partial charge in [-0.05, 0) is 48.7 Å². The van der Waals surface area contributed by atoms with E-state index >= 15 is 0 Å². The molecule has 2 aromatic heterocycles. The Balaban J connectivity index is 1.72. The van der Waals surface area contributed by atoms with Crippen molar-refractivity contribution >= 4 is 27.5 Å². The van der Waals surface area contributed by atoms with Crippen LogP contribution in [0.2, 0.25) is 0 Å². The van der Waals surface area contributed by atoms with Crippen LogP contribution < -0.4 is 10.3 Å². The van der Waals surface area contributed by atoms with E-state index in [0.29, 0.717) is 34.8 Å². The van der Waals surface area contributed by atoms with Crippen LogP contribution in [0, 0.1) is 6.92 Å². The highest BCUT2D eigenvalue weighted by molar-refractivity contribution is 7.17. The van der Waals surface area contributed by atoms with Crippen LogP contribution in [0.4, 0.5) is 0 Å². The van der Waals surface area contributed by atoms with E-state index in [1.54, 1.807) is 29.9 Å². The number of fused-ring (bicyclic) bond motifs is 1. The summed E-state index contributed by atoms with van der Waals surface area (Å²) in [6, 6.07) is 14.8. The molecule has 6 nitrogen and oxygen atoms in total. The van der Waals surface area contributed by atoms with Crippen molar-refractivity contribution in [1.29, 1.82) is 0 Å². The summed E-state index contributed by atoms with van der Waals surface area (Å²) < 4.78 is 12.1. The highest BCUT2D eigenvalue weighted by Crippen LogP contribution is 2.32. The second-order valence-electron chi connectivity index (χ2n) is 7.44. The third-order valence-electron chi connectivity index (χ3n) is 5.23. The highest BCUT2D eigenvalue weighted by atomic mass is 32.1. The molecule has 0 aliphatic carbocycles. The first-order valence-corrected chi connectivity index (χ1v) is 11.3. The molecule has 0 bridgehead atoms. The zero-order valence-corrected chi connectivity index (χ0v) is 19.1. The number of rotatable bonds is 7. The lowest BCUT2D eigenvalue weighted by Gasteiger charge is -2.11. The smallest absolute Gasteiger partial charge is 0.338 e. The second-order valence-corrected chi connectivity index (χ2v) is 8.30. The molecular weight excluding hydrogens is 424 g/mol. The highest BCUT2D eigenvalue weighted by Gasteiger charge is 2.16. The molecule has 0 amide bonds. The van der Waals surface area contributed by atoms with E-state index in [9.17, 15) is 9.59 Å². The number of methoxy groups -OCH3 is 1. The first-order valence-electron chi connectivity index (χ1n) is 10.4. The molecule has 0 saturated carbocycles. The molecule has 0 aliphatic heterocycles. The van der Waals surface area contributed by atoms with E-state index in [4.69, 9.17) is 9.47 Å². The molecule has 2 heterocycles. The molecule has 2 aromatic carbocycles. The average Bonchev–Trinajstić information content (AvgIpc) is 3.24. The molecule has 0 saturated heterocycles. The minimum absolute atomic E-state index is 0.0986. The summed E-state index contributed by atoms with van der Waals surface area (Å²) in [6.07, 6.45) is 0.767. The van der Waals surface area contributed by atoms with E-state index in [1.807, 2.05) is 49.6 Å². The van der Waals surface area contributed by atoms with E-state index in [-0.39, 0.29) is 11.5 Å². The summed E-state index contributed by atoms with van der Waals surface area (Å²) in [5.74, 6) is 1.03. The fourth-order valence-corrected chi connectivity index (χ4v) is 4.54. The van der Waals surface area contributed by atoms with Gasteiger partial charge in [0.25, 0.3) is 5.56 Å². The molecule has 164 valence electrons. The molecule has 0 spiro atoms. The fourth-order valence-electron chi connectivity index (χ4n) is 3.55. The minimum atomic E-state index is -0.356. The Labute approximate surface area is 190 Å². The van der Waals surface area contributed by atoms with Gasteiger partial charge in [-0.1, -0.05) is 31.2 Å². The Morgan fingerprint density at radius 2 is 1.94 bits per heavy atom. The number of carbonyl (C=O) groups excluding carboxylic acids is 1. The maximum atomic E-state index is 13.5. The largest absolute Gasteiger partial charge is 0.497 e. The van der Waals surface area contributed by atoms with Crippen LogP contribution in [0.1, 0.15) is 35.1 Å². The normalized spacial score (nSPS) is 11.0. The summed E-state index contributed by atoms with van der Waals surface area (Å²) in [7, 11) is 1.62. The van der Waals surface area contributed by atoms with Crippen LogP contribution in [-0.4, -0.2) is 29.2 Å². The van der Waals surface area contributed by atoms with Crippen LogP contribution in [0.15, 0.2) is 58.7 Å². The Kier molecular flexibility index (Phi) is 6.37. The summed E-state index contributed by atoms with van der Waals surface area (Å²) in [5, 5.41) is 2.57. The third kappa shape index (κ3) is 4.29. The standard InChI is InChI=1S/C25H24N2O4S/c1-4-12-31-25(29)19-7-5-6-17(13-19)14-27-16(2)26-23-22(24(27)28)21(15-32-23)18-8-10-20(30-3)11-9-18/h5-11,13,15H,4,12,14H2,1-3H3. The quantitative estimate of drug-likeness (QED) is 0.370. The van der Waals surface area contributed by atoms with E-state index in [0.717, 1.165) is 28.9 Å². The number of ether oxygens (including phenoxy) is 2. The van der Waals surface area contributed by atoms with Crippen molar-refractivity contribution in [3.8, 4) is 16.9 Å². The van der Waals surface area contributed by atoms with Gasteiger partial charge in [-0.2, -0.15) is 0 Å². The summed E-state index contributed by atoms with van der Waals surface area (Å²) >= 11 is 1.46. The molecule has 0 fully saturated rings. The molecule has 0 unspecified atom stereocenters. The second kappa shape index (κ2) is 9.36. The number of carbonyl (C=O) groups is 1. The molecule has 0 aliphatic rings. The number of aryl methyl sites for hydroxylation is 1. The first kappa shape index (κ1) is 21.8. The van der Waals surface area contributed by atoms with Gasteiger partial charge in [0.2, 0.25) is 0 Å². The molecule has 4 aromatic rings.